The Labute approximate surface area is 158 Å². The summed E-state index contributed by atoms with van der Waals surface area (Å²) < 4.78 is 17.0. The third-order valence-corrected chi connectivity index (χ3v) is 4.71. The van der Waals surface area contributed by atoms with Crippen molar-refractivity contribution >= 4 is 34.3 Å². The van der Waals surface area contributed by atoms with Crippen LogP contribution in [0, 0.1) is 0 Å². The second kappa shape index (κ2) is 9.63. The standard InChI is InChI=1S/C19H19NO6S/c1-2-26-19(24)14-6-8-16(9-7-14)20-17(21)12-27(25)11-13-4-3-5-15(10-13)18(22)23/h3-10H,2,11-12H2,1H3,(H,20,21)(H,22,23). The van der Waals surface area contributed by atoms with Crippen LogP contribution in [-0.2, 0) is 26.1 Å². The lowest BCUT2D eigenvalue weighted by molar-refractivity contribution is -0.113. The average molecular weight is 389 g/mol. The van der Waals surface area contributed by atoms with Crippen molar-refractivity contribution < 1.29 is 28.4 Å². The Kier molecular flexibility index (Phi) is 7.25. The van der Waals surface area contributed by atoms with Gasteiger partial charge in [0.05, 0.1) is 17.7 Å². The Hall–Kier alpha value is -3.00. The number of amides is 1. The first-order chi connectivity index (χ1) is 12.9. The zero-order valence-electron chi connectivity index (χ0n) is 14.6. The monoisotopic (exact) mass is 389 g/mol. The number of hydrogen-bond donors (Lipinski definition) is 2. The molecule has 2 aromatic rings. The molecule has 1 amide bonds. The lowest BCUT2D eigenvalue weighted by atomic mass is 10.1. The molecule has 0 aliphatic carbocycles. The summed E-state index contributed by atoms with van der Waals surface area (Å²) in [6.45, 7) is 1.99. The number of carbonyl (C=O) groups is 3. The summed E-state index contributed by atoms with van der Waals surface area (Å²) in [5, 5.41) is 11.6. The zero-order chi connectivity index (χ0) is 19.8. The second-order valence-electron chi connectivity index (χ2n) is 5.58. The first-order valence-corrected chi connectivity index (χ1v) is 9.62. The molecule has 0 radical (unpaired) electrons. The molecule has 2 rings (SSSR count). The van der Waals surface area contributed by atoms with Crippen LogP contribution in [0.2, 0.25) is 0 Å². The molecule has 0 fully saturated rings. The number of rotatable bonds is 8. The van der Waals surface area contributed by atoms with Crippen molar-refractivity contribution in [3.63, 3.8) is 0 Å². The van der Waals surface area contributed by atoms with E-state index >= 15 is 0 Å². The van der Waals surface area contributed by atoms with Crippen molar-refractivity contribution in [3.8, 4) is 0 Å². The second-order valence-corrected chi connectivity index (χ2v) is 7.04. The quantitative estimate of drug-likeness (QED) is 0.671. The molecule has 0 spiro atoms. The highest BCUT2D eigenvalue weighted by Crippen LogP contribution is 2.12. The van der Waals surface area contributed by atoms with E-state index < -0.39 is 28.6 Å². The summed E-state index contributed by atoms with van der Waals surface area (Å²) in [4.78, 5) is 34.5. The number of esters is 1. The minimum absolute atomic E-state index is 0.0797. The number of carbonyl (C=O) groups excluding carboxylic acids is 2. The molecule has 0 saturated carbocycles. The van der Waals surface area contributed by atoms with Gasteiger partial charge in [-0.2, -0.15) is 0 Å². The smallest absolute Gasteiger partial charge is 0.338 e. The fourth-order valence-electron chi connectivity index (χ4n) is 2.28. The Morgan fingerprint density at radius 2 is 1.78 bits per heavy atom. The number of hydrogen-bond acceptors (Lipinski definition) is 5. The van der Waals surface area contributed by atoms with Crippen LogP contribution in [-0.4, -0.2) is 39.5 Å². The van der Waals surface area contributed by atoms with Gasteiger partial charge in [-0.3, -0.25) is 9.00 Å². The maximum atomic E-state index is 12.2. The van der Waals surface area contributed by atoms with Crippen molar-refractivity contribution in [1.29, 1.82) is 0 Å². The maximum absolute atomic E-state index is 12.2. The minimum atomic E-state index is -1.49. The van der Waals surface area contributed by atoms with Crippen molar-refractivity contribution in [2.75, 3.05) is 17.7 Å². The number of nitrogens with one attached hydrogen (secondary N) is 1. The molecule has 0 aliphatic rings. The van der Waals surface area contributed by atoms with E-state index in [2.05, 4.69) is 5.32 Å². The molecular weight excluding hydrogens is 370 g/mol. The third kappa shape index (κ3) is 6.34. The van der Waals surface area contributed by atoms with Gasteiger partial charge >= 0.3 is 11.9 Å². The first kappa shape index (κ1) is 20.3. The van der Waals surface area contributed by atoms with Crippen molar-refractivity contribution in [2.24, 2.45) is 0 Å². The summed E-state index contributed by atoms with van der Waals surface area (Å²) >= 11 is 0. The molecule has 27 heavy (non-hydrogen) atoms. The van der Waals surface area contributed by atoms with E-state index in [9.17, 15) is 18.6 Å². The molecule has 0 bridgehead atoms. The van der Waals surface area contributed by atoms with Crippen LogP contribution in [0.15, 0.2) is 48.5 Å². The molecule has 1 atom stereocenters. The van der Waals surface area contributed by atoms with Crippen LogP contribution >= 0.6 is 0 Å². The van der Waals surface area contributed by atoms with Gasteiger partial charge in [-0.1, -0.05) is 12.1 Å². The van der Waals surface area contributed by atoms with Crippen molar-refractivity contribution in [1.82, 2.24) is 0 Å². The summed E-state index contributed by atoms with van der Waals surface area (Å²) in [6.07, 6.45) is 0. The van der Waals surface area contributed by atoms with Gasteiger partial charge in [-0.05, 0) is 48.9 Å². The molecule has 1 unspecified atom stereocenters. The van der Waals surface area contributed by atoms with E-state index in [0.717, 1.165) is 0 Å². The van der Waals surface area contributed by atoms with E-state index in [1.54, 1.807) is 31.2 Å². The molecule has 7 nitrogen and oxygen atoms in total. The third-order valence-electron chi connectivity index (χ3n) is 3.47. The fraction of sp³-hybridized carbons (Fsp3) is 0.211. The van der Waals surface area contributed by atoms with Gasteiger partial charge in [-0.25, -0.2) is 9.59 Å². The molecular formula is C19H19NO6S. The van der Waals surface area contributed by atoms with Crippen LogP contribution in [0.5, 0.6) is 0 Å². The lowest BCUT2D eigenvalue weighted by Crippen LogP contribution is -2.20. The van der Waals surface area contributed by atoms with Gasteiger partial charge in [0.1, 0.15) is 5.75 Å². The lowest BCUT2D eigenvalue weighted by Gasteiger charge is -2.07. The number of carboxylic acids is 1. The highest BCUT2D eigenvalue weighted by atomic mass is 32.2. The molecule has 2 N–H and O–H groups in total. The summed E-state index contributed by atoms with van der Waals surface area (Å²) in [5.74, 6) is -2.09. The zero-order valence-corrected chi connectivity index (χ0v) is 15.5. The Bertz CT molecular complexity index is 863. The Morgan fingerprint density at radius 1 is 1.07 bits per heavy atom. The van der Waals surface area contributed by atoms with E-state index in [-0.39, 0.29) is 23.7 Å². The largest absolute Gasteiger partial charge is 0.478 e. The number of ether oxygens (including phenoxy) is 1. The summed E-state index contributed by atoms with van der Waals surface area (Å²) in [6, 6.07) is 12.3. The Balaban J connectivity index is 1.89. The first-order valence-electron chi connectivity index (χ1n) is 8.13. The van der Waals surface area contributed by atoms with Gasteiger partial charge in [0.25, 0.3) is 0 Å². The number of carboxylic acid groups (broad SMARTS) is 1. The highest BCUT2D eigenvalue weighted by Gasteiger charge is 2.12. The molecule has 2 aromatic carbocycles. The van der Waals surface area contributed by atoms with E-state index in [1.807, 2.05) is 0 Å². The van der Waals surface area contributed by atoms with E-state index in [0.29, 0.717) is 16.8 Å². The number of aromatic carboxylic acids is 1. The van der Waals surface area contributed by atoms with Gasteiger partial charge in [0, 0.05) is 22.2 Å². The van der Waals surface area contributed by atoms with E-state index in [1.165, 1.54) is 24.3 Å². The van der Waals surface area contributed by atoms with Crippen LogP contribution in [0.25, 0.3) is 0 Å². The van der Waals surface area contributed by atoms with Crippen LogP contribution in [0.3, 0.4) is 0 Å². The van der Waals surface area contributed by atoms with Gasteiger partial charge in [0.15, 0.2) is 0 Å². The molecule has 0 aromatic heterocycles. The molecule has 0 aliphatic heterocycles. The minimum Gasteiger partial charge on any atom is -0.478 e. The number of anilines is 1. The fourth-order valence-corrected chi connectivity index (χ4v) is 3.30. The van der Waals surface area contributed by atoms with Gasteiger partial charge in [0.2, 0.25) is 5.91 Å². The highest BCUT2D eigenvalue weighted by molar-refractivity contribution is 7.84. The molecule has 142 valence electrons. The average Bonchev–Trinajstić information content (AvgIpc) is 2.62. The van der Waals surface area contributed by atoms with Crippen LogP contribution < -0.4 is 5.32 Å². The normalized spacial score (nSPS) is 11.4. The van der Waals surface area contributed by atoms with Crippen LogP contribution in [0.1, 0.15) is 33.2 Å². The van der Waals surface area contributed by atoms with Crippen molar-refractivity contribution in [2.45, 2.75) is 12.7 Å². The topological polar surface area (TPSA) is 110 Å². The van der Waals surface area contributed by atoms with Crippen molar-refractivity contribution in [3.05, 3.63) is 65.2 Å². The van der Waals surface area contributed by atoms with Gasteiger partial charge in [-0.15, -0.1) is 0 Å². The predicted octanol–water partition coefficient (Wildman–Crippen LogP) is 2.45. The maximum Gasteiger partial charge on any atom is 0.338 e. The summed E-state index contributed by atoms with van der Waals surface area (Å²) in [5.41, 5.74) is 1.53. The summed E-state index contributed by atoms with van der Waals surface area (Å²) in [7, 11) is -1.49. The van der Waals surface area contributed by atoms with Gasteiger partial charge < -0.3 is 15.2 Å². The molecule has 0 saturated heterocycles. The predicted molar refractivity (Wildman–Crippen MR) is 101 cm³/mol. The van der Waals surface area contributed by atoms with E-state index in [4.69, 9.17) is 9.84 Å². The Morgan fingerprint density at radius 3 is 2.41 bits per heavy atom. The number of benzene rings is 2. The molecule has 0 heterocycles. The molecule has 8 heteroatoms. The van der Waals surface area contributed by atoms with Crippen LogP contribution in [0.4, 0.5) is 5.69 Å². The SMILES string of the molecule is CCOC(=O)c1ccc(NC(=O)CS(=O)Cc2cccc(C(=O)O)c2)cc1.